The topological polar surface area (TPSA) is 106 Å². The molecule has 0 aliphatic carbocycles. The number of unbranched alkanes of at least 4 members (excludes halogenated alkanes) is 1. The number of aromatic nitrogens is 2. The number of carbonyl (C=O) groups excluding carboxylic acids is 2. The standard InChI is InChI=1S/C26H30BrN5O4/c1-4-5-12-36-25(34)16-32(2)11-7-10-24(33)31-22-14-20-21(15-23(22)35-3)28-17-29-26(20)30-19-9-6-8-18(27)13-19/h6-10,13-15,17H,4-5,11-12,16H2,1-3H3,(H,31,33)(H,28,29,30)/b10-7+. The molecule has 0 radical (unpaired) electrons. The molecule has 0 saturated heterocycles. The number of esters is 1. The molecule has 0 bridgehead atoms. The highest BCUT2D eigenvalue weighted by atomic mass is 79.9. The largest absolute Gasteiger partial charge is 0.494 e. The Kier molecular flexibility index (Phi) is 10.2. The Bertz CT molecular complexity index is 1230. The lowest BCUT2D eigenvalue weighted by Crippen LogP contribution is -2.27. The summed E-state index contributed by atoms with van der Waals surface area (Å²) < 4.78 is 11.6. The lowest BCUT2D eigenvalue weighted by atomic mass is 10.2. The second kappa shape index (κ2) is 13.6. The van der Waals surface area contributed by atoms with Crippen LogP contribution in [0.1, 0.15) is 19.8 Å². The van der Waals surface area contributed by atoms with Crippen LogP contribution in [0.2, 0.25) is 0 Å². The van der Waals surface area contributed by atoms with Crippen LogP contribution >= 0.6 is 15.9 Å². The van der Waals surface area contributed by atoms with E-state index in [1.54, 1.807) is 30.2 Å². The third-order valence-corrected chi connectivity index (χ3v) is 5.64. The first kappa shape index (κ1) is 27.1. The molecule has 190 valence electrons. The molecule has 0 fully saturated rings. The minimum absolute atomic E-state index is 0.155. The first-order valence-electron chi connectivity index (χ1n) is 11.6. The minimum Gasteiger partial charge on any atom is -0.494 e. The predicted molar refractivity (Wildman–Crippen MR) is 145 cm³/mol. The van der Waals surface area contributed by atoms with Crippen molar-refractivity contribution in [1.82, 2.24) is 14.9 Å². The number of hydrogen-bond acceptors (Lipinski definition) is 8. The summed E-state index contributed by atoms with van der Waals surface area (Å²) in [5, 5.41) is 6.86. The van der Waals surface area contributed by atoms with E-state index in [9.17, 15) is 9.59 Å². The molecule has 2 N–H and O–H groups in total. The van der Waals surface area contributed by atoms with E-state index in [0.717, 1.165) is 28.4 Å². The smallest absolute Gasteiger partial charge is 0.320 e. The van der Waals surface area contributed by atoms with Gasteiger partial charge in [0.2, 0.25) is 5.91 Å². The molecule has 1 amide bonds. The molecule has 3 rings (SSSR count). The number of nitrogens with one attached hydrogen (secondary N) is 2. The van der Waals surface area contributed by atoms with Gasteiger partial charge in [0.1, 0.15) is 17.9 Å². The maximum absolute atomic E-state index is 12.6. The minimum atomic E-state index is -0.329. The van der Waals surface area contributed by atoms with Crippen molar-refractivity contribution < 1.29 is 19.1 Å². The fourth-order valence-corrected chi connectivity index (χ4v) is 3.73. The van der Waals surface area contributed by atoms with E-state index in [-0.39, 0.29) is 18.4 Å². The van der Waals surface area contributed by atoms with Crippen molar-refractivity contribution in [3.8, 4) is 5.75 Å². The summed E-state index contributed by atoms with van der Waals surface area (Å²) in [7, 11) is 3.32. The average Bonchev–Trinajstić information content (AvgIpc) is 2.84. The number of fused-ring (bicyclic) bond motifs is 1. The molecule has 0 unspecified atom stereocenters. The van der Waals surface area contributed by atoms with Crippen molar-refractivity contribution in [1.29, 1.82) is 0 Å². The molecule has 1 aromatic heterocycles. The number of nitrogens with zero attached hydrogens (tertiary/aromatic N) is 3. The quantitative estimate of drug-likeness (QED) is 0.184. The molecular weight excluding hydrogens is 526 g/mol. The van der Waals surface area contributed by atoms with E-state index < -0.39 is 0 Å². The van der Waals surface area contributed by atoms with Crippen LogP contribution in [-0.4, -0.2) is 60.6 Å². The summed E-state index contributed by atoms with van der Waals surface area (Å²) >= 11 is 3.47. The van der Waals surface area contributed by atoms with Gasteiger partial charge in [-0.3, -0.25) is 14.5 Å². The number of amides is 1. The van der Waals surface area contributed by atoms with Gasteiger partial charge in [0.15, 0.2) is 0 Å². The van der Waals surface area contributed by atoms with Crippen LogP contribution in [0.5, 0.6) is 5.75 Å². The second-order valence-electron chi connectivity index (χ2n) is 8.09. The number of anilines is 3. The van der Waals surface area contributed by atoms with E-state index in [4.69, 9.17) is 9.47 Å². The molecule has 9 nitrogen and oxygen atoms in total. The van der Waals surface area contributed by atoms with Crippen LogP contribution in [0.25, 0.3) is 10.9 Å². The molecular formula is C26H30BrN5O4. The molecule has 1 heterocycles. The Balaban J connectivity index is 1.68. The molecule has 2 aromatic carbocycles. The first-order valence-corrected chi connectivity index (χ1v) is 12.4. The van der Waals surface area contributed by atoms with Gasteiger partial charge < -0.3 is 20.1 Å². The molecule has 0 aliphatic rings. The van der Waals surface area contributed by atoms with Gasteiger partial charge in [-0.05, 0) is 37.7 Å². The van der Waals surface area contributed by atoms with Crippen molar-refractivity contribution in [2.75, 3.05) is 44.5 Å². The van der Waals surface area contributed by atoms with Crippen LogP contribution in [0.15, 0.2) is 59.4 Å². The van der Waals surface area contributed by atoms with Crippen molar-refractivity contribution in [3.05, 3.63) is 59.4 Å². The van der Waals surface area contributed by atoms with Crippen LogP contribution in [0, 0.1) is 0 Å². The van der Waals surface area contributed by atoms with Gasteiger partial charge >= 0.3 is 5.97 Å². The Labute approximate surface area is 219 Å². The third-order valence-electron chi connectivity index (χ3n) is 5.15. The van der Waals surface area contributed by atoms with Gasteiger partial charge in [-0.2, -0.15) is 0 Å². The molecule has 0 spiro atoms. The summed E-state index contributed by atoms with van der Waals surface area (Å²) in [5.41, 5.74) is 2.01. The third kappa shape index (κ3) is 8.03. The van der Waals surface area contributed by atoms with Gasteiger partial charge in [0.25, 0.3) is 0 Å². The fraction of sp³-hybridized carbons (Fsp3) is 0.308. The zero-order valence-electron chi connectivity index (χ0n) is 20.6. The second-order valence-corrected chi connectivity index (χ2v) is 9.01. The predicted octanol–water partition coefficient (Wildman–Crippen LogP) is 4.91. The Morgan fingerprint density at radius 3 is 2.78 bits per heavy atom. The number of benzene rings is 2. The SMILES string of the molecule is CCCCOC(=O)CN(C)C/C=C/C(=O)Nc1cc2c(Nc3cccc(Br)c3)ncnc2cc1OC. The lowest BCUT2D eigenvalue weighted by Gasteiger charge is -2.14. The lowest BCUT2D eigenvalue weighted by molar-refractivity contribution is -0.144. The van der Waals surface area contributed by atoms with E-state index in [0.29, 0.717) is 35.9 Å². The number of likely N-dealkylation sites (N-methyl/N-ethyl adjacent to an activating group) is 1. The van der Waals surface area contributed by atoms with Crippen molar-refractivity contribution in [2.45, 2.75) is 19.8 Å². The van der Waals surface area contributed by atoms with Crippen LogP contribution in [-0.2, 0) is 14.3 Å². The van der Waals surface area contributed by atoms with Gasteiger partial charge in [0, 0.05) is 34.2 Å². The zero-order valence-corrected chi connectivity index (χ0v) is 22.2. The molecule has 3 aromatic rings. The summed E-state index contributed by atoms with van der Waals surface area (Å²) in [4.78, 5) is 34.9. The first-order chi connectivity index (χ1) is 17.4. The molecule has 0 atom stereocenters. The normalized spacial score (nSPS) is 11.1. The van der Waals surface area contributed by atoms with E-state index in [1.165, 1.54) is 19.5 Å². The Morgan fingerprint density at radius 2 is 2.03 bits per heavy atom. The highest BCUT2D eigenvalue weighted by molar-refractivity contribution is 9.10. The zero-order chi connectivity index (χ0) is 25.9. The Hall–Kier alpha value is -3.50. The summed E-state index contributed by atoms with van der Waals surface area (Å²) in [6.07, 6.45) is 6.40. The van der Waals surface area contributed by atoms with E-state index >= 15 is 0 Å². The Morgan fingerprint density at radius 1 is 1.19 bits per heavy atom. The number of ether oxygens (including phenoxy) is 2. The number of carbonyl (C=O) groups is 2. The highest BCUT2D eigenvalue weighted by Crippen LogP contribution is 2.33. The number of hydrogen-bond donors (Lipinski definition) is 2. The van der Waals surface area contributed by atoms with Crippen LogP contribution in [0.3, 0.4) is 0 Å². The van der Waals surface area contributed by atoms with Gasteiger partial charge in [-0.25, -0.2) is 9.97 Å². The van der Waals surface area contributed by atoms with E-state index in [1.807, 2.05) is 31.2 Å². The monoisotopic (exact) mass is 555 g/mol. The summed E-state index contributed by atoms with van der Waals surface area (Å²) in [6, 6.07) is 11.2. The molecule has 0 aliphatic heterocycles. The fourth-order valence-electron chi connectivity index (χ4n) is 3.33. The van der Waals surface area contributed by atoms with Gasteiger partial charge in [-0.15, -0.1) is 0 Å². The molecule has 36 heavy (non-hydrogen) atoms. The number of halogens is 1. The van der Waals surface area contributed by atoms with Gasteiger partial charge in [0.05, 0.1) is 31.5 Å². The van der Waals surface area contributed by atoms with Crippen molar-refractivity contribution >= 4 is 55.9 Å². The average molecular weight is 556 g/mol. The maximum atomic E-state index is 12.6. The van der Waals surface area contributed by atoms with Crippen molar-refractivity contribution in [2.24, 2.45) is 0 Å². The molecule has 10 heteroatoms. The number of rotatable bonds is 12. The highest BCUT2D eigenvalue weighted by Gasteiger charge is 2.13. The van der Waals surface area contributed by atoms with E-state index in [2.05, 4.69) is 36.5 Å². The molecule has 0 saturated carbocycles. The van der Waals surface area contributed by atoms with Crippen molar-refractivity contribution in [3.63, 3.8) is 0 Å². The van der Waals surface area contributed by atoms with Crippen LogP contribution in [0.4, 0.5) is 17.2 Å². The van der Waals surface area contributed by atoms with Gasteiger partial charge in [-0.1, -0.05) is 41.4 Å². The van der Waals surface area contributed by atoms with Crippen LogP contribution < -0.4 is 15.4 Å². The number of methoxy groups -OCH3 is 1. The summed E-state index contributed by atoms with van der Waals surface area (Å²) in [6.45, 7) is 3.04. The summed E-state index contributed by atoms with van der Waals surface area (Å²) in [5.74, 6) is 0.464. The maximum Gasteiger partial charge on any atom is 0.320 e.